The largest absolute Gasteiger partial charge is 0.283 e. The summed E-state index contributed by atoms with van der Waals surface area (Å²) >= 11 is 0. The third kappa shape index (κ3) is 8.15. The molecule has 0 atom stereocenters. The van der Waals surface area contributed by atoms with Gasteiger partial charge in [-0.15, -0.1) is 0 Å². The molecule has 114 valence electrons. The molecule has 0 spiro atoms. The molecule has 0 unspecified atom stereocenters. The Kier molecular flexibility index (Phi) is 8.26. The summed E-state index contributed by atoms with van der Waals surface area (Å²) in [6.07, 6.45) is 12.4. The summed E-state index contributed by atoms with van der Waals surface area (Å²) < 4.78 is 26.3. The first-order valence-corrected chi connectivity index (χ1v) is 9.20. The van der Waals surface area contributed by atoms with Gasteiger partial charge in [0.05, 0.1) is 11.4 Å². The Labute approximate surface area is 123 Å². The number of nitrogens with zero attached hydrogens (tertiary/aromatic N) is 1. The maximum Gasteiger partial charge on any atom is 0.232 e. The lowest BCUT2D eigenvalue weighted by atomic mass is 10.1. The van der Waals surface area contributed by atoms with Crippen molar-refractivity contribution in [1.29, 1.82) is 0 Å². The van der Waals surface area contributed by atoms with E-state index in [9.17, 15) is 8.42 Å². The molecule has 1 N–H and O–H groups in total. The van der Waals surface area contributed by atoms with Crippen LogP contribution < -0.4 is 4.72 Å². The number of anilines is 1. The van der Waals surface area contributed by atoms with Gasteiger partial charge >= 0.3 is 0 Å². The molecule has 0 aliphatic rings. The van der Waals surface area contributed by atoms with Gasteiger partial charge in [0.25, 0.3) is 0 Å². The van der Waals surface area contributed by atoms with Crippen LogP contribution in [-0.4, -0.2) is 19.2 Å². The van der Waals surface area contributed by atoms with Crippen molar-refractivity contribution in [1.82, 2.24) is 4.98 Å². The van der Waals surface area contributed by atoms with Gasteiger partial charge in [0.1, 0.15) is 0 Å². The monoisotopic (exact) mass is 298 g/mol. The molecule has 1 rings (SSSR count). The minimum Gasteiger partial charge on any atom is -0.283 e. The van der Waals surface area contributed by atoms with Crippen LogP contribution in [0.5, 0.6) is 0 Å². The fraction of sp³-hybridized carbons (Fsp3) is 0.667. The molecule has 4 nitrogen and oxygen atoms in total. The third-order valence-electron chi connectivity index (χ3n) is 3.22. The SMILES string of the molecule is CCCCCCCCCCS(=O)(=O)Nc1ccncc1. The average Bonchev–Trinajstić information content (AvgIpc) is 2.42. The van der Waals surface area contributed by atoms with Crippen LogP contribution in [0.1, 0.15) is 58.3 Å². The maximum absolute atomic E-state index is 11.8. The zero-order chi connectivity index (χ0) is 14.7. The zero-order valence-corrected chi connectivity index (χ0v) is 13.2. The predicted molar refractivity (Wildman–Crippen MR) is 84.3 cm³/mol. The highest BCUT2D eigenvalue weighted by Gasteiger charge is 2.09. The van der Waals surface area contributed by atoms with Crippen LogP contribution in [0.15, 0.2) is 24.5 Å². The van der Waals surface area contributed by atoms with Crippen molar-refractivity contribution >= 4 is 15.7 Å². The van der Waals surface area contributed by atoms with Crippen molar-refractivity contribution in [3.63, 3.8) is 0 Å². The van der Waals surface area contributed by atoms with Crippen LogP contribution >= 0.6 is 0 Å². The number of unbranched alkanes of at least 4 members (excludes halogenated alkanes) is 7. The molecule has 0 aliphatic carbocycles. The Morgan fingerprint density at radius 3 is 2.10 bits per heavy atom. The van der Waals surface area contributed by atoms with Gasteiger partial charge in [-0.05, 0) is 18.6 Å². The Hall–Kier alpha value is -1.10. The normalized spacial score (nSPS) is 11.4. The van der Waals surface area contributed by atoms with Crippen LogP contribution in [0.3, 0.4) is 0 Å². The van der Waals surface area contributed by atoms with Crippen LogP contribution in [-0.2, 0) is 10.0 Å². The van der Waals surface area contributed by atoms with Gasteiger partial charge in [0.15, 0.2) is 0 Å². The van der Waals surface area contributed by atoms with E-state index in [4.69, 9.17) is 0 Å². The van der Waals surface area contributed by atoms with E-state index in [1.165, 1.54) is 32.1 Å². The van der Waals surface area contributed by atoms with E-state index in [1.54, 1.807) is 24.5 Å². The first kappa shape index (κ1) is 17.0. The number of hydrogen-bond donors (Lipinski definition) is 1. The molecule has 1 aromatic heterocycles. The molecular formula is C15H26N2O2S. The molecule has 20 heavy (non-hydrogen) atoms. The Balaban J connectivity index is 2.11. The summed E-state index contributed by atoms with van der Waals surface area (Å²) in [6.45, 7) is 2.21. The number of nitrogens with one attached hydrogen (secondary N) is 1. The zero-order valence-electron chi connectivity index (χ0n) is 12.3. The molecule has 0 fully saturated rings. The summed E-state index contributed by atoms with van der Waals surface area (Å²) in [7, 11) is -3.21. The molecule has 1 aromatic rings. The Bertz CT molecular complexity index is 446. The van der Waals surface area contributed by atoms with E-state index in [0.717, 1.165) is 19.3 Å². The highest BCUT2D eigenvalue weighted by atomic mass is 32.2. The van der Waals surface area contributed by atoms with Crippen molar-refractivity contribution in [3.8, 4) is 0 Å². The fourth-order valence-electron chi connectivity index (χ4n) is 2.08. The molecule has 1 heterocycles. The van der Waals surface area contributed by atoms with Gasteiger partial charge in [0.2, 0.25) is 10.0 Å². The first-order valence-electron chi connectivity index (χ1n) is 7.54. The standard InChI is InChI=1S/C15H26N2O2S/c1-2-3-4-5-6-7-8-9-14-20(18,19)17-15-10-12-16-13-11-15/h10-13H,2-9,14H2,1H3,(H,16,17). The number of sulfonamides is 1. The number of hydrogen-bond acceptors (Lipinski definition) is 3. The van der Waals surface area contributed by atoms with E-state index < -0.39 is 10.0 Å². The summed E-state index contributed by atoms with van der Waals surface area (Å²) in [5, 5.41) is 0. The molecule has 0 bridgehead atoms. The summed E-state index contributed by atoms with van der Waals surface area (Å²) in [5.41, 5.74) is 0.583. The second kappa shape index (κ2) is 9.75. The second-order valence-electron chi connectivity index (χ2n) is 5.13. The van der Waals surface area contributed by atoms with Crippen molar-refractivity contribution in [3.05, 3.63) is 24.5 Å². The molecule has 0 aromatic carbocycles. The van der Waals surface area contributed by atoms with E-state index in [0.29, 0.717) is 5.69 Å². The summed E-state index contributed by atoms with van der Waals surface area (Å²) in [5.74, 6) is 0.199. The van der Waals surface area contributed by atoms with Gasteiger partial charge in [-0.1, -0.05) is 51.9 Å². The fourth-order valence-corrected chi connectivity index (χ4v) is 3.26. The van der Waals surface area contributed by atoms with Crippen molar-refractivity contribution in [2.45, 2.75) is 58.3 Å². The lowest BCUT2D eigenvalue weighted by molar-refractivity contribution is 0.575. The molecule has 0 amide bonds. The van der Waals surface area contributed by atoms with Gasteiger partial charge in [-0.25, -0.2) is 8.42 Å². The van der Waals surface area contributed by atoms with Crippen LogP contribution in [0.4, 0.5) is 5.69 Å². The molecule has 5 heteroatoms. The lowest BCUT2D eigenvalue weighted by Gasteiger charge is -2.07. The summed E-state index contributed by atoms with van der Waals surface area (Å²) in [6, 6.07) is 3.32. The van der Waals surface area contributed by atoms with Gasteiger partial charge < -0.3 is 0 Å². The third-order valence-corrected chi connectivity index (χ3v) is 4.59. The van der Waals surface area contributed by atoms with Gasteiger partial charge in [-0.2, -0.15) is 0 Å². The number of pyridine rings is 1. The van der Waals surface area contributed by atoms with E-state index in [-0.39, 0.29) is 5.75 Å². The van der Waals surface area contributed by atoms with Crippen LogP contribution in [0.2, 0.25) is 0 Å². The minimum absolute atomic E-state index is 0.199. The van der Waals surface area contributed by atoms with Gasteiger partial charge in [-0.3, -0.25) is 9.71 Å². The minimum atomic E-state index is -3.21. The summed E-state index contributed by atoms with van der Waals surface area (Å²) in [4.78, 5) is 3.86. The Morgan fingerprint density at radius 1 is 0.950 bits per heavy atom. The molecule has 0 radical (unpaired) electrons. The average molecular weight is 298 g/mol. The smallest absolute Gasteiger partial charge is 0.232 e. The molecule has 0 aliphatic heterocycles. The van der Waals surface area contributed by atoms with E-state index in [2.05, 4.69) is 16.6 Å². The van der Waals surface area contributed by atoms with Crippen molar-refractivity contribution < 1.29 is 8.42 Å². The van der Waals surface area contributed by atoms with Gasteiger partial charge in [0, 0.05) is 12.4 Å². The molecule has 0 saturated heterocycles. The molecular weight excluding hydrogens is 272 g/mol. The topological polar surface area (TPSA) is 59.1 Å². The van der Waals surface area contributed by atoms with Crippen molar-refractivity contribution in [2.24, 2.45) is 0 Å². The first-order chi connectivity index (χ1) is 9.64. The highest BCUT2D eigenvalue weighted by Crippen LogP contribution is 2.11. The van der Waals surface area contributed by atoms with E-state index in [1.807, 2.05) is 0 Å². The predicted octanol–water partition coefficient (Wildman–Crippen LogP) is 3.96. The Morgan fingerprint density at radius 2 is 1.50 bits per heavy atom. The number of rotatable bonds is 11. The lowest BCUT2D eigenvalue weighted by Crippen LogP contribution is -2.16. The van der Waals surface area contributed by atoms with Crippen LogP contribution in [0.25, 0.3) is 0 Å². The van der Waals surface area contributed by atoms with E-state index >= 15 is 0 Å². The number of aromatic nitrogens is 1. The maximum atomic E-state index is 11.8. The quantitative estimate of drug-likeness (QED) is 0.629. The second-order valence-corrected chi connectivity index (χ2v) is 6.97. The molecule has 0 saturated carbocycles. The highest BCUT2D eigenvalue weighted by molar-refractivity contribution is 7.92. The van der Waals surface area contributed by atoms with Crippen LogP contribution in [0, 0.1) is 0 Å². The van der Waals surface area contributed by atoms with Crippen molar-refractivity contribution in [2.75, 3.05) is 10.5 Å².